The Kier molecular flexibility index (Phi) is 5.34. The zero-order valence-corrected chi connectivity index (χ0v) is 21.3. The number of hydrogen-bond donors (Lipinski definition) is 1. The van der Waals surface area contributed by atoms with Crippen LogP contribution in [0.3, 0.4) is 0 Å². The summed E-state index contributed by atoms with van der Waals surface area (Å²) >= 11 is 6.05. The van der Waals surface area contributed by atoms with E-state index in [4.69, 9.17) is 20.9 Å². The molecule has 0 spiro atoms. The first-order valence-electron chi connectivity index (χ1n) is 12.5. The number of benzene rings is 2. The SMILES string of the molecule is Cc1cc2c(cc1C(=O)N1CCc3onc(-c4ccc(Cl)cc4)c3C1)[nH]c(=O)c1nnc(C3CCOC3)n12. The van der Waals surface area contributed by atoms with Gasteiger partial charge >= 0.3 is 0 Å². The topological polar surface area (TPSA) is 119 Å². The predicted octanol–water partition coefficient (Wildman–Crippen LogP) is 3.89. The Bertz CT molecular complexity index is 1780. The summed E-state index contributed by atoms with van der Waals surface area (Å²) in [6.45, 7) is 3.98. The van der Waals surface area contributed by atoms with Crippen molar-refractivity contribution in [3.8, 4) is 11.3 Å². The molecule has 0 bridgehead atoms. The fourth-order valence-corrected chi connectivity index (χ4v) is 5.58. The number of carbonyl (C=O) groups is 1. The Morgan fingerprint density at radius 1 is 1.18 bits per heavy atom. The molecule has 0 aliphatic carbocycles. The van der Waals surface area contributed by atoms with E-state index >= 15 is 0 Å². The molecule has 1 atom stereocenters. The van der Waals surface area contributed by atoms with Crippen molar-refractivity contribution in [3.05, 3.63) is 80.0 Å². The van der Waals surface area contributed by atoms with E-state index in [9.17, 15) is 9.59 Å². The summed E-state index contributed by atoms with van der Waals surface area (Å²) in [6.07, 6.45) is 1.39. The largest absolute Gasteiger partial charge is 0.381 e. The number of carbonyl (C=O) groups excluding carboxylic acids is 1. The fraction of sp³-hybridized carbons (Fsp3) is 0.296. The lowest BCUT2D eigenvalue weighted by molar-refractivity contribution is 0.0728. The summed E-state index contributed by atoms with van der Waals surface area (Å²) in [4.78, 5) is 31.3. The van der Waals surface area contributed by atoms with Gasteiger partial charge in [0.1, 0.15) is 17.3 Å². The van der Waals surface area contributed by atoms with Crippen molar-refractivity contribution < 1.29 is 14.1 Å². The highest BCUT2D eigenvalue weighted by Gasteiger charge is 2.30. The van der Waals surface area contributed by atoms with Gasteiger partial charge in [0.25, 0.3) is 11.5 Å². The average molecular weight is 531 g/mol. The van der Waals surface area contributed by atoms with Crippen LogP contribution in [-0.2, 0) is 17.7 Å². The minimum Gasteiger partial charge on any atom is -0.381 e. The zero-order valence-electron chi connectivity index (χ0n) is 20.5. The molecule has 1 unspecified atom stereocenters. The Hall–Kier alpha value is -4.02. The second kappa shape index (κ2) is 8.78. The van der Waals surface area contributed by atoms with E-state index in [-0.39, 0.29) is 23.0 Å². The van der Waals surface area contributed by atoms with Crippen LogP contribution < -0.4 is 5.56 Å². The zero-order chi connectivity index (χ0) is 26.0. The third-order valence-electron chi connectivity index (χ3n) is 7.48. The number of amides is 1. The number of H-pyrrole nitrogens is 1. The molecular weight excluding hydrogens is 508 g/mol. The lowest BCUT2D eigenvalue weighted by Crippen LogP contribution is -2.36. The molecule has 2 aliphatic rings. The number of aromatic amines is 1. The van der Waals surface area contributed by atoms with Crippen molar-refractivity contribution >= 4 is 34.2 Å². The summed E-state index contributed by atoms with van der Waals surface area (Å²) in [6, 6.07) is 11.1. The maximum Gasteiger partial charge on any atom is 0.294 e. The highest BCUT2D eigenvalue weighted by Crippen LogP contribution is 2.32. The van der Waals surface area contributed by atoms with E-state index < -0.39 is 0 Å². The van der Waals surface area contributed by atoms with Gasteiger partial charge in [0.2, 0.25) is 5.65 Å². The first-order chi connectivity index (χ1) is 18.5. The van der Waals surface area contributed by atoms with Gasteiger partial charge in [0.15, 0.2) is 0 Å². The number of aryl methyl sites for hydroxylation is 1. The number of aromatic nitrogens is 5. The summed E-state index contributed by atoms with van der Waals surface area (Å²) in [5.74, 6) is 1.44. The van der Waals surface area contributed by atoms with Crippen LogP contribution in [0.4, 0.5) is 0 Å². The number of rotatable bonds is 3. The van der Waals surface area contributed by atoms with Crippen LogP contribution >= 0.6 is 11.6 Å². The standard InChI is InChI=1S/C27H23ClN6O4/c1-14-10-21-20(29-26(35)25-31-30-24(34(21)25)16-7-9-37-13-16)11-18(14)27(36)33-8-6-22-19(12-33)23(32-38-22)15-2-4-17(28)5-3-15/h2-5,10-11,16H,6-9,12-13H2,1H3,(H,29,35). The van der Waals surface area contributed by atoms with E-state index in [1.165, 1.54) is 0 Å². The van der Waals surface area contributed by atoms with Crippen LogP contribution in [0.2, 0.25) is 5.02 Å². The smallest absolute Gasteiger partial charge is 0.294 e. The molecular formula is C27H23ClN6O4. The highest BCUT2D eigenvalue weighted by molar-refractivity contribution is 6.30. The normalized spacial score (nSPS) is 17.4. The monoisotopic (exact) mass is 530 g/mol. The van der Waals surface area contributed by atoms with Gasteiger partial charge in [-0.25, -0.2) is 0 Å². The number of nitrogens with zero attached hydrogens (tertiary/aromatic N) is 5. The van der Waals surface area contributed by atoms with E-state index in [1.54, 1.807) is 27.5 Å². The molecule has 0 saturated carbocycles. The Labute approximate surface area is 221 Å². The molecule has 38 heavy (non-hydrogen) atoms. The van der Waals surface area contributed by atoms with E-state index in [2.05, 4.69) is 20.3 Å². The molecule has 7 rings (SSSR count). The highest BCUT2D eigenvalue weighted by atomic mass is 35.5. The van der Waals surface area contributed by atoms with Gasteiger partial charge in [0.05, 0.1) is 24.2 Å². The second-order valence-corrected chi connectivity index (χ2v) is 10.3. The lowest BCUT2D eigenvalue weighted by atomic mass is 9.99. The van der Waals surface area contributed by atoms with Gasteiger partial charge in [-0.05, 0) is 43.2 Å². The van der Waals surface area contributed by atoms with Crippen LogP contribution in [0.15, 0.2) is 45.7 Å². The van der Waals surface area contributed by atoms with Gasteiger partial charge in [-0.15, -0.1) is 10.2 Å². The molecule has 2 aliphatic heterocycles. The minimum absolute atomic E-state index is 0.0672. The van der Waals surface area contributed by atoms with Gasteiger partial charge in [-0.1, -0.05) is 28.9 Å². The number of nitrogens with one attached hydrogen (secondary N) is 1. The van der Waals surface area contributed by atoms with Gasteiger partial charge in [-0.3, -0.25) is 14.0 Å². The molecule has 0 radical (unpaired) electrons. The van der Waals surface area contributed by atoms with E-state index in [0.29, 0.717) is 60.3 Å². The minimum atomic E-state index is -0.350. The quantitative estimate of drug-likeness (QED) is 0.376. The maximum atomic E-state index is 13.8. The molecule has 11 heteroatoms. The molecule has 1 fully saturated rings. The fourth-order valence-electron chi connectivity index (χ4n) is 5.46. The van der Waals surface area contributed by atoms with Crippen molar-refractivity contribution in [1.29, 1.82) is 0 Å². The molecule has 192 valence electrons. The summed E-state index contributed by atoms with van der Waals surface area (Å²) in [7, 11) is 0. The summed E-state index contributed by atoms with van der Waals surface area (Å²) in [5, 5.41) is 13.4. The van der Waals surface area contributed by atoms with Gasteiger partial charge in [-0.2, -0.15) is 0 Å². The van der Waals surface area contributed by atoms with Crippen LogP contribution in [-0.4, -0.2) is 55.3 Å². The van der Waals surface area contributed by atoms with Crippen LogP contribution in [0.5, 0.6) is 0 Å². The lowest BCUT2D eigenvalue weighted by Gasteiger charge is -2.27. The van der Waals surface area contributed by atoms with E-state index in [1.807, 2.05) is 25.1 Å². The van der Waals surface area contributed by atoms with Crippen molar-refractivity contribution in [1.82, 2.24) is 29.6 Å². The molecule has 1 amide bonds. The molecule has 5 aromatic rings. The Morgan fingerprint density at radius 3 is 2.82 bits per heavy atom. The van der Waals surface area contributed by atoms with Crippen LogP contribution in [0, 0.1) is 6.92 Å². The number of hydrogen-bond acceptors (Lipinski definition) is 7. The first-order valence-corrected chi connectivity index (χ1v) is 12.9. The first kappa shape index (κ1) is 23.1. The average Bonchev–Trinajstić information content (AvgIpc) is 3.68. The van der Waals surface area contributed by atoms with E-state index in [0.717, 1.165) is 34.4 Å². The third-order valence-corrected chi connectivity index (χ3v) is 7.73. The summed E-state index contributed by atoms with van der Waals surface area (Å²) < 4.78 is 12.9. The summed E-state index contributed by atoms with van der Waals surface area (Å²) in [5.41, 5.74) is 5.02. The molecule has 2 aromatic carbocycles. The second-order valence-electron chi connectivity index (χ2n) is 9.83. The number of halogens is 1. The van der Waals surface area contributed by atoms with Crippen LogP contribution in [0.1, 0.15) is 45.4 Å². The molecule has 1 N–H and O–H groups in total. The molecule has 10 nitrogen and oxygen atoms in total. The van der Waals surface area contributed by atoms with Crippen LogP contribution in [0.25, 0.3) is 27.9 Å². The van der Waals surface area contributed by atoms with Crippen molar-refractivity contribution in [3.63, 3.8) is 0 Å². The van der Waals surface area contributed by atoms with Crippen molar-refractivity contribution in [2.45, 2.75) is 32.2 Å². The van der Waals surface area contributed by atoms with Gasteiger partial charge in [0, 0.05) is 47.2 Å². The number of fused-ring (bicyclic) bond motifs is 4. The predicted molar refractivity (Wildman–Crippen MR) is 139 cm³/mol. The Morgan fingerprint density at radius 2 is 2.03 bits per heavy atom. The maximum absolute atomic E-state index is 13.8. The molecule has 5 heterocycles. The van der Waals surface area contributed by atoms with Crippen molar-refractivity contribution in [2.24, 2.45) is 0 Å². The number of ether oxygens (including phenoxy) is 1. The molecule has 1 saturated heterocycles. The Balaban J connectivity index is 1.26. The van der Waals surface area contributed by atoms with Crippen molar-refractivity contribution in [2.75, 3.05) is 19.8 Å². The van der Waals surface area contributed by atoms with Gasteiger partial charge < -0.3 is 19.1 Å². The molecule has 3 aromatic heterocycles. The third kappa shape index (κ3) is 3.63.